The van der Waals surface area contributed by atoms with Gasteiger partial charge in [0.1, 0.15) is 0 Å². The van der Waals surface area contributed by atoms with Gasteiger partial charge in [-0.1, -0.05) is 25.1 Å². The summed E-state index contributed by atoms with van der Waals surface area (Å²) >= 11 is 0. The molecule has 1 aliphatic carbocycles. The highest BCUT2D eigenvalue weighted by molar-refractivity contribution is 5.96. The number of carbonyl (C=O) groups excluding carboxylic acids is 1. The molecular formula is C16H23ClN2O. The van der Waals surface area contributed by atoms with Crippen LogP contribution in [0.5, 0.6) is 0 Å². The Labute approximate surface area is 127 Å². The Morgan fingerprint density at radius 3 is 2.80 bits per heavy atom. The number of hydrogen-bond donors (Lipinski definition) is 1. The van der Waals surface area contributed by atoms with E-state index in [1.165, 1.54) is 18.4 Å². The molecule has 1 fully saturated rings. The summed E-state index contributed by atoms with van der Waals surface area (Å²) in [4.78, 5) is 14.3. The number of nitrogens with one attached hydrogen (secondary N) is 1. The van der Waals surface area contributed by atoms with Gasteiger partial charge in [0.2, 0.25) is 5.91 Å². The number of hydrogen-bond acceptors (Lipinski definition) is 2. The first-order valence-electron chi connectivity index (χ1n) is 7.35. The van der Waals surface area contributed by atoms with E-state index < -0.39 is 0 Å². The van der Waals surface area contributed by atoms with E-state index in [0.717, 1.165) is 31.1 Å². The van der Waals surface area contributed by atoms with Crippen LogP contribution < -0.4 is 10.2 Å². The van der Waals surface area contributed by atoms with Crippen LogP contribution in [0.3, 0.4) is 0 Å². The topological polar surface area (TPSA) is 32.3 Å². The Morgan fingerprint density at radius 1 is 1.30 bits per heavy atom. The van der Waals surface area contributed by atoms with Crippen LogP contribution in [0.15, 0.2) is 24.3 Å². The third kappa shape index (κ3) is 3.33. The zero-order chi connectivity index (χ0) is 13.2. The van der Waals surface area contributed by atoms with Gasteiger partial charge in [0.05, 0.1) is 6.54 Å². The first-order valence-corrected chi connectivity index (χ1v) is 7.35. The fourth-order valence-corrected chi connectivity index (χ4v) is 2.81. The normalized spacial score (nSPS) is 21.1. The SMILES string of the molecule is CC1CCN(C(=O)CNCC2CC2)c2ccccc21.Cl. The van der Waals surface area contributed by atoms with Crippen molar-refractivity contribution < 1.29 is 4.79 Å². The van der Waals surface area contributed by atoms with Gasteiger partial charge in [0, 0.05) is 12.2 Å². The van der Waals surface area contributed by atoms with Gasteiger partial charge in [0.25, 0.3) is 0 Å². The Bertz CT molecular complexity index is 473. The van der Waals surface area contributed by atoms with E-state index in [9.17, 15) is 4.79 Å². The molecular weight excluding hydrogens is 272 g/mol. The van der Waals surface area contributed by atoms with Crippen molar-refractivity contribution in [2.24, 2.45) is 5.92 Å². The Morgan fingerprint density at radius 2 is 2.05 bits per heavy atom. The molecule has 1 saturated carbocycles. The van der Waals surface area contributed by atoms with Crippen molar-refractivity contribution >= 4 is 24.0 Å². The summed E-state index contributed by atoms with van der Waals surface area (Å²) in [6.45, 7) is 4.56. The third-order valence-electron chi connectivity index (χ3n) is 4.25. The first-order chi connectivity index (χ1) is 9.25. The molecule has 0 aromatic heterocycles. The van der Waals surface area contributed by atoms with E-state index in [-0.39, 0.29) is 18.3 Å². The van der Waals surface area contributed by atoms with Crippen molar-refractivity contribution in [1.82, 2.24) is 5.32 Å². The molecule has 0 bridgehead atoms. The van der Waals surface area contributed by atoms with E-state index in [0.29, 0.717) is 12.5 Å². The second-order valence-electron chi connectivity index (χ2n) is 5.87. The number of nitrogens with zero attached hydrogens (tertiary/aromatic N) is 1. The number of benzene rings is 1. The molecule has 4 heteroatoms. The minimum absolute atomic E-state index is 0. The van der Waals surface area contributed by atoms with Crippen LogP contribution in [-0.4, -0.2) is 25.5 Å². The van der Waals surface area contributed by atoms with Gasteiger partial charge >= 0.3 is 0 Å². The molecule has 3 rings (SSSR count). The lowest BCUT2D eigenvalue weighted by atomic mass is 9.91. The molecule has 0 spiro atoms. The standard InChI is InChI=1S/C16H22N2O.ClH/c1-12-8-9-18(15-5-3-2-4-14(12)15)16(19)11-17-10-13-6-7-13;/h2-5,12-13,17H,6-11H2,1H3;1H. The summed E-state index contributed by atoms with van der Waals surface area (Å²) in [5.74, 6) is 1.58. The minimum Gasteiger partial charge on any atom is -0.311 e. The van der Waals surface area contributed by atoms with Gasteiger partial charge in [-0.2, -0.15) is 0 Å². The van der Waals surface area contributed by atoms with Crippen molar-refractivity contribution in [2.75, 3.05) is 24.5 Å². The second-order valence-corrected chi connectivity index (χ2v) is 5.87. The highest BCUT2D eigenvalue weighted by atomic mass is 35.5. The number of fused-ring (bicyclic) bond motifs is 1. The molecule has 1 atom stereocenters. The predicted molar refractivity (Wildman–Crippen MR) is 84.7 cm³/mol. The lowest BCUT2D eigenvalue weighted by Gasteiger charge is -2.33. The predicted octanol–water partition coefficient (Wildman–Crippen LogP) is 2.95. The van der Waals surface area contributed by atoms with Crippen LogP contribution >= 0.6 is 12.4 Å². The quantitative estimate of drug-likeness (QED) is 0.926. The second kappa shape index (κ2) is 6.59. The van der Waals surface area contributed by atoms with Crippen LogP contribution in [0.2, 0.25) is 0 Å². The molecule has 2 aliphatic rings. The lowest BCUT2D eigenvalue weighted by Crippen LogP contribution is -2.42. The van der Waals surface area contributed by atoms with Gasteiger partial charge in [-0.05, 0) is 49.3 Å². The largest absolute Gasteiger partial charge is 0.311 e. The smallest absolute Gasteiger partial charge is 0.240 e. The number of rotatable bonds is 4. The van der Waals surface area contributed by atoms with Crippen LogP contribution in [-0.2, 0) is 4.79 Å². The highest BCUT2D eigenvalue weighted by Crippen LogP contribution is 2.34. The monoisotopic (exact) mass is 294 g/mol. The Hall–Kier alpha value is -1.06. The van der Waals surface area contributed by atoms with E-state index in [4.69, 9.17) is 0 Å². The molecule has 1 unspecified atom stereocenters. The molecule has 1 amide bonds. The molecule has 1 aromatic rings. The van der Waals surface area contributed by atoms with Crippen molar-refractivity contribution in [2.45, 2.75) is 32.1 Å². The van der Waals surface area contributed by atoms with E-state index in [2.05, 4.69) is 30.4 Å². The van der Waals surface area contributed by atoms with Crippen LogP contribution in [0.4, 0.5) is 5.69 Å². The summed E-state index contributed by atoms with van der Waals surface area (Å²) in [7, 11) is 0. The van der Waals surface area contributed by atoms with E-state index >= 15 is 0 Å². The number of anilines is 1. The molecule has 1 aliphatic heterocycles. The highest BCUT2D eigenvalue weighted by Gasteiger charge is 2.26. The number of carbonyl (C=O) groups is 1. The van der Waals surface area contributed by atoms with Crippen LogP contribution in [0.25, 0.3) is 0 Å². The summed E-state index contributed by atoms with van der Waals surface area (Å²) in [6.07, 6.45) is 3.71. The number of amides is 1. The summed E-state index contributed by atoms with van der Waals surface area (Å²) < 4.78 is 0. The molecule has 1 aromatic carbocycles. The first kappa shape index (κ1) is 15.3. The van der Waals surface area contributed by atoms with Crippen molar-refractivity contribution in [3.8, 4) is 0 Å². The zero-order valence-electron chi connectivity index (χ0n) is 12.0. The molecule has 20 heavy (non-hydrogen) atoms. The molecule has 1 N–H and O–H groups in total. The summed E-state index contributed by atoms with van der Waals surface area (Å²) in [5.41, 5.74) is 2.42. The van der Waals surface area contributed by atoms with Gasteiger partial charge in [-0.25, -0.2) is 0 Å². The number of para-hydroxylation sites is 1. The molecule has 0 saturated heterocycles. The van der Waals surface area contributed by atoms with Crippen LogP contribution in [0.1, 0.15) is 37.7 Å². The van der Waals surface area contributed by atoms with E-state index in [1.54, 1.807) is 0 Å². The maximum Gasteiger partial charge on any atom is 0.240 e. The summed E-state index contributed by atoms with van der Waals surface area (Å²) in [5, 5.41) is 3.30. The minimum atomic E-state index is 0. The van der Waals surface area contributed by atoms with Gasteiger partial charge in [-0.3, -0.25) is 4.79 Å². The molecule has 1 heterocycles. The Kier molecular flexibility index (Phi) is 5.06. The van der Waals surface area contributed by atoms with Crippen molar-refractivity contribution in [3.05, 3.63) is 29.8 Å². The molecule has 0 radical (unpaired) electrons. The van der Waals surface area contributed by atoms with Gasteiger partial charge < -0.3 is 10.2 Å². The Balaban J connectivity index is 0.00000147. The summed E-state index contributed by atoms with van der Waals surface area (Å²) in [6, 6.07) is 8.31. The fraction of sp³-hybridized carbons (Fsp3) is 0.562. The van der Waals surface area contributed by atoms with Gasteiger partial charge in [-0.15, -0.1) is 12.4 Å². The van der Waals surface area contributed by atoms with E-state index in [1.807, 2.05) is 11.0 Å². The van der Waals surface area contributed by atoms with Crippen molar-refractivity contribution in [1.29, 1.82) is 0 Å². The molecule has 110 valence electrons. The number of halogens is 1. The molecule has 3 nitrogen and oxygen atoms in total. The van der Waals surface area contributed by atoms with Crippen LogP contribution in [0, 0.1) is 5.92 Å². The average molecular weight is 295 g/mol. The average Bonchev–Trinajstić information content (AvgIpc) is 3.23. The fourth-order valence-electron chi connectivity index (χ4n) is 2.81. The van der Waals surface area contributed by atoms with Crippen molar-refractivity contribution in [3.63, 3.8) is 0 Å². The maximum absolute atomic E-state index is 12.3. The maximum atomic E-state index is 12.3. The lowest BCUT2D eigenvalue weighted by molar-refractivity contribution is -0.117. The van der Waals surface area contributed by atoms with Gasteiger partial charge in [0.15, 0.2) is 0 Å². The third-order valence-corrected chi connectivity index (χ3v) is 4.25. The zero-order valence-corrected chi connectivity index (χ0v) is 12.8.